The number of hydrogen-bond donors (Lipinski definition) is 1. The van der Waals surface area contributed by atoms with E-state index in [1.807, 2.05) is 25.3 Å². The van der Waals surface area contributed by atoms with Gasteiger partial charge in [0.15, 0.2) is 0 Å². The van der Waals surface area contributed by atoms with Crippen LogP contribution in [0.15, 0.2) is 11.4 Å². The Hall–Kier alpha value is -1.51. The van der Waals surface area contributed by atoms with E-state index >= 15 is 0 Å². The maximum absolute atomic E-state index is 11.6. The van der Waals surface area contributed by atoms with Crippen LogP contribution in [-0.4, -0.2) is 30.7 Å². The molecule has 0 atom stereocenters. The van der Waals surface area contributed by atoms with Crippen molar-refractivity contribution in [2.24, 2.45) is 5.73 Å². The second-order valence-electron chi connectivity index (χ2n) is 4.10. The van der Waals surface area contributed by atoms with Gasteiger partial charge in [0, 0.05) is 22.9 Å². The fraction of sp³-hybridized carbons (Fsp3) is 0.462. The van der Waals surface area contributed by atoms with Crippen molar-refractivity contribution in [3.63, 3.8) is 0 Å². The summed E-state index contributed by atoms with van der Waals surface area (Å²) >= 11 is 1.57. The van der Waals surface area contributed by atoms with Crippen LogP contribution < -0.4 is 5.73 Å². The van der Waals surface area contributed by atoms with Gasteiger partial charge in [-0.3, -0.25) is 0 Å². The van der Waals surface area contributed by atoms with Crippen LogP contribution in [0.1, 0.15) is 24.3 Å². The molecule has 4 nitrogen and oxygen atoms in total. The zero-order valence-corrected chi connectivity index (χ0v) is 11.7. The molecular formula is C13H18N2O2S. The number of nitrogens with zero attached hydrogens (tertiary/aromatic N) is 1. The Morgan fingerprint density at radius 1 is 1.61 bits per heavy atom. The van der Waals surface area contributed by atoms with E-state index in [2.05, 4.69) is 11.8 Å². The van der Waals surface area contributed by atoms with Gasteiger partial charge in [-0.25, -0.2) is 4.79 Å². The van der Waals surface area contributed by atoms with Gasteiger partial charge in [0.25, 0.3) is 0 Å². The average Bonchev–Trinajstić information content (AvgIpc) is 2.73. The number of nitrogens with two attached hydrogens (primary N) is 1. The van der Waals surface area contributed by atoms with Gasteiger partial charge >= 0.3 is 6.09 Å². The normalized spacial score (nSPS) is 9.83. The summed E-state index contributed by atoms with van der Waals surface area (Å²) in [5.41, 5.74) is 6.25. The minimum atomic E-state index is -0.312. The highest BCUT2D eigenvalue weighted by Crippen LogP contribution is 2.16. The molecule has 1 aromatic heterocycles. The molecule has 1 heterocycles. The third-order valence-electron chi connectivity index (χ3n) is 2.03. The summed E-state index contributed by atoms with van der Waals surface area (Å²) in [6.45, 7) is 4.54. The molecule has 0 bridgehead atoms. The van der Waals surface area contributed by atoms with Crippen LogP contribution in [0.4, 0.5) is 4.79 Å². The van der Waals surface area contributed by atoms with Crippen LogP contribution in [0, 0.1) is 11.8 Å². The third-order valence-corrected chi connectivity index (χ3v) is 2.95. The molecule has 0 aliphatic heterocycles. The van der Waals surface area contributed by atoms with Gasteiger partial charge in [-0.2, -0.15) is 0 Å². The van der Waals surface area contributed by atoms with Crippen molar-refractivity contribution < 1.29 is 9.53 Å². The van der Waals surface area contributed by atoms with Gasteiger partial charge in [-0.15, -0.1) is 11.3 Å². The van der Waals surface area contributed by atoms with Gasteiger partial charge in [0.2, 0.25) is 0 Å². The van der Waals surface area contributed by atoms with Gasteiger partial charge in [-0.1, -0.05) is 11.8 Å². The van der Waals surface area contributed by atoms with Crippen molar-refractivity contribution in [2.75, 3.05) is 13.6 Å². The number of amides is 1. The molecule has 0 spiro atoms. The zero-order chi connectivity index (χ0) is 13.5. The van der Waals surface area contributed by atoms with Crippen LogP contribution in [0.5, 0.6) is 0 Å². The monoisotopic (exact) mass is 266 g/mol. The van der Waals surface area contributed by atoms with Crippen molar-refractivity contribution >= 4 is 17.4 Å². The number of ether oxygens (including phenoxy) is 1. The zero-order valence-electron chi connectivity index (χ0n) is 10.9. The van der Waals surface area contributed by atoms with Gasteiger partial charge in [0.05, 0.1) is 19.2 Å². The fourth-order valence-electron chi connectivity index (χ4n) is 1.27. The first-order valence-electron chi connectivity index (χ1n) is 5.71. The molecule has 0 fully saturated rings. The lowest BCUT2D eigenvalue weighted by molar-refractivity contribution is 0.0825. The number of carbonyl (C=O) groups excluding carboxylic acids is 1. The highest BCUT2D eigenvalue weighted by molar-refractivity contribution is 7.10. The first-order valence-corrected chi connectivity index (χ1v) is 6.59. The van der Waals surface area contributed by atoms with Crippen LogP contribution in [0.3, 0.4) is 0 Å². The molecule has 0 radical (unpaired) electrons. The average molecular weight is 266 g/mol. The quantitative estimate of drug-likeness (QED) is 0.852. The first kappa shape index (κ1) is 14.6. The molecule has 0 aliphatic rings. The Labute approximate surface area is 112 Å². The second kappa shape index (κ2) is 7.04. The summed E-state index contributed by atoms with van der Waals surface area (Å²) in [7, 11) is 1.72. The van der Waals surface area contributed by atoms with E-state index in [0.29, 0.717) is 13.1 Å². The molecule has 5 heteroatoms. The molecule has 0 aromatic carbocycles. The maximum Gasteiger partial charge on any atom is 0.410 e. The van der Waals surface area contributed by atoms with Crippen LogP contribution in [0.2, 0.25) is 0 Å². The lowest BCUT2D eigenvalue weighted by Gasteiger charge is -2.17. The lowest BCUT2D eigenvalue weighted by atomic mass is 10.3. The van der Waals surface area contributed by atoms with E-state index in [-0.39, 0.29) is 12.2 Å². The highest BCUT2D eigenvalue weighted by Gasteiger charge is 2.12. The van der Waals surface area contributed by atoms with Gasteiger partial charge in [-0.05, 0) is 19.9 Å². The van der Waals surface area contributed by atoms with Crippen molar-refractivity contribution in [2.45, 2.75) is 26.5 Å². The predicted octanol–water partition coefficient (Wildman–Crippen LogP) is 2.04. The molecule has 18 heavy (non-hydrogen) atoms. The van der Waals surface area contributed by atoms with Crippen molar-refractivity contribution in [3.8, 4) is 11.8 Å². The summed E-state index contributed by atoms with van der Waals surface area (Å²) in [6, 6.07) is 1.96. The topological polar surface area (TPSA) is 55.6 Å². The standard InChI is InChI=1S/C13H18N2O2S/c1-10(2)17-13(16)15(3)8-12-7-11(9-18-12)5-4-6-14/h7,9-10H,6,8,14H2,1-3H3. The number of rotatable bonds is 3. The Bertz CT molecular complexity index is 457. The van der Waals surface area contributed by atoms with Crippen LogP contribution in [0.25, 0.3) is 0 Å². The summed E-state index contributed by atoms with van der Waals surface area (Å²) in [5, 5.41) is 1.96. The summed E-state index contributed by atoms with van der Waals surface area (Å²) < 4.78 is 5.10. The first-order chi connectivity index (χ1) is 8.52. The van der Waals surface area contributed by atoms with E-state index in [0.717, 1.165) is 10.4 Å². The molecule has 0 aliphatic carbocycles. The Morgan fingerprint density at radius 2 is 2.33 bits per heavy atom. The Morgan fingerprint density at radius 3 is 2.94 bits per heavy atom. The van der Waals surface area contributed by atoms with E-state index < -0.39 is 0 Å². The van der Waals surface area contributed by atoms with Crippen molar-refractivity contribution in [3.05, 3.63) is 21.9 Å². The fourth-order valence-corrected chi connectivity index (χ4v) is 2.14. The van der Waals surface area contributed by atoms with Crippen LogP contribution in [-0.2, 0) is 11.3 Å². The highest BCUT2D eigenvalue weighted by atomic mass is 32.1. The number of carbonyl (C=O) groups is 1. The second-order valence-corrected chi connectivity index (χ2v) is 5.09. The number of hydrogen-bond acceptors (Lipinski definition) is 4. The molecule has 2 N–H and O–H groups in total. The van der Waals surface area contributed by atoms with Crippen molar-refractivity contribution in [1.29, 1.82) is 0 Å². The maximum atomic E-state index is 11.6. The van der Waals surface area contributed by atoms with Crippen LogP contribution >= 0.6 is 11.3 Å². The minimum absolute atomic E-state index is 0.103. The summed E-state index contributed by atoms with van der Waals surface area (Å²) in [4.78, 5) is 14.2. The molecule has 0 unspecified atom stereocenters. The predicted molar refractivity (Wildman–Crippen MR) is 73.3 cm³/mol. The molecule has 0 saturated heterocycles. The molecule has 98 valence electrons. The number of thiophene rings is 1. The summed E-state index contributed by atoms with van der Waals surface area (Å²) in [6.07, 6.45) is -0.415. The van der Waals surface area contributed by atoms with E-state index in [1.54, 1.807) is 23.3 Å². The summed E-state index contributed by atoms with van der Waals surface area (Å²) in [5.74, 6) is 5.76. The minimum Gasteiger partial charge on any atom is -0.447 e. The van der Waals surface area contributed by atoms with Gasteiger partial charge in [0.1, 0.15) is 0 Å². The lowest BCUT2D eigenvalue weighted by Crippen LogP contribution is -2.28. The Kier molecular flexibility index (Phi) is 5.69. The SMILES string of the molecule is CC(C)OC(=O)N(C)Cc1cc(C#CCN)cs1. The molecule has 1 amide bonds. The van der Waals surface area contributed by atoms with E-state index in [4.69, 9.17) is 10.5 Å². The van der Waals surface area contributed by atoms with Gasteiger partial charge < -0.3 is 15.4 Å². The Balaban J connectivity index is 2.56. The van der Waals surface area contributed by atoms with E-state index in [1.165, 1.54) is 0 Å². The molecule has 0 saturated carbocycles. The molecular weight excluding hydrogens is 248 g/mol. The van der Waals surface area contributed by atoms with Crippen molar-refractivity contribution in [1.82, 2.24) is 4.90 Å². The largest absolute Gasteiger partial charge is 0.447 e. The smallest absolute Gasteiger partial charge is 0.410 e. The van der Waals surface area contributed by atoms with E-state index in [9.17, 15) is 4.79 Å². The molecule has 1 aromatic rings. The molecule has 1 rings (SSSR count). The third kappa shape index (κ3) is 4.78.